The summed E-state index contributed by atoms with van der Waals surface area (Å²) in [6, 6.07) is 17.6. The van der Waals surface area contributed by atoms with E-state index in [9.17, 15) is 16.8 Å². The van der Waals surface area contributed by atoms with Gasteiger partial charge in [0.1, 0.15) is 0 Å². The molecule has 2 saturated heterocycles. The van der Waals surface area contributed by atoms with Crippen LogP contribution in [0.1, 0.15) is 24.4 Å². The zero-order valence-electron chi connectivity index (χ0n) is 21.3. The number of piperidine rings is 1. The van der Waals surface area contributed by atoms with Crippen LogP contribution in [0, 0.1) is 0 Å². The number of benzene rings is 3. The number of morpholine rings is 1. The molecular formula is C27H28Cl3N3O5S2. The van der Waals surface area contributed by atoms with Gasteiger partial charge < -0.3 is 9.64 Å². The first-order valence-electron chi connectivity index (χ1n) is 12.7. The summed E-state index contributed by atoms with van der Waals surface area (Å²) in [5.41, 5.74) is 1.78. The average Bonchev–Trinajstić information content (AvgIpc) is 2.94. The van der Waals surface area contributed by atoms with Gasteiger partial charge in [0.25, 0.3) is 0 Å². The molecule has 0 saturated carbocycles. The SMILES string of the molecule is O=S(=O)(NC1CCN(c2ccc(Cl)cc2Cl)[C@H](c2ccc(Cl)cc2)C1)c1ccc(S(=O)(=O)N2CCOCC2)cc1. The molecule has 0 spiro atoms. The molecule has 2 atom stereocenters. The van der Waals surface area contributed by atoms with E-state index in [2.05, 4.69) is 9.62 Å². The van der Waals surface area contributed by atoms with Crippen molar-refractivity contribution in [1.82, 2.24) is 9.03 Å². The maximum Gasteiger partial charge on any atom is 0.243 e. The van der Waals surface area contributed by atoms with Gasteiger partial charge in [0.2, 0.25) is 20.0 Å². The maximum absolute atomic E-state index is 13.3. The topological polar surface area (TPSA) is 96.0 Å². The quantitative estimate of drug-likeness (QED) is 0.372. The fourth-order valence-electron chi connectivity index (χ4n) is 5.09. The van der Waals surface area contributed by atoms with Crippen molar-refractivity contribution in [3.05, 3.63) is 87.4 Å². The Labute approximate surface area is 249 Å². The fourth-order valence-corrected chi connectivity index (χ4v) is 8.42. The molecule has 0 aliphatic carbocycles. The van der Waals surface area contributed by atoms with Crippen molar-refractivity contribution in [2.24, 2.45) is 0 Å². The third-order valence-electron chi connectivity index (χ3n) is 7.14. The maximum atomic E-state index is 13.3. The number of sulfonamides is 2. The predicted octanol–water partition coefficient (Wildman–Crippen LogP) is 5.36. The molecule has 0 amide bonds. The van der Waals surface area contributed by atoms with E-state index in [0.717, 1.165) is 11.3 Å². The van der Waals surface area contributed by atoms with Gasteiger partial charge in [-0.15, -0.1) is 0 Å². The molecule has 2 heterocycles. The number of rotatable bonds is 7. The molecule has 0 radical (unpaired) electrons. The zero-order chi connectivity index (χ0) is 28.5. The lowest BCUT2D eigenvalue weighted by molar-refractivity contribution is 0.0730. The second-order valence-electron chi connectivity index (χ2n) is 9.69. The Hall–Kier alpha value is -1.89. The Morgan fingerprint density at radius 1 is 0.775 bits per heavy atom. The third kappa shape index (κ3) is 6.44. The Morgan fingerprint density at radius 2 is 1.40 bits per heavy atom. The molecule has 40 heavy (non-hydrogen) atoms. The number of anilines is 1. The third-order valence-corrected chi connectivity index (χ3v) is 11.4. The molecule has 3 aromatic carbocycles. The molecule has 2 aliphatic heterocycles. The summed E-state index contributed by atoms with van der Waals surface area (Å²) in [6.07, 6.45) is 1.01. The van der Waals surface area contributed by atoms with Gasteiger partial charge in [-0.25, -0.2) is 21.6 Å². The largest absolute Gasteiger partial charge is 0.379 e. The lowest BCUT2D eigenvalue weighted by atomic mass is 9.91. The van der Waals surface area contributed by atoms with Crippen LogP contribution >= 0.6 is 34.8 Å². The highest BCUT2D eigenvalue weighted by Gasteiger charge is 2.34. The van der Waals surface area contributed by atoms with E-state index in [1.807, 2.05) is 18.2 Å². The first-order valence-corrected chi connectivity index (χ1v) is 16.8. The van der Waals surface area contributed by atoms with Crippen LogP contribution in [0.3, 0.4) is 0 Å². The minimum atomic E-state index is -3.92. The standard InChI is InChI=1S/C27H28Cl3N3O5S2/c28-20-3-1-19(2-4-20)27-18-22(11-12-33(27)26-10-5-21(29)17-25(26)30)31-39(34,35)23-6-8-24(9-7-23)40(36,37)32-13-15-38-16-14-32/h1-10,17,22,27,31H,11-16,18H2/t22?,27-/m0/s1. The summed E-state index contributed by atoms with van der Waals surface area (Å²) >= 11 is 18.8. The monoisotopic (exact) mass is 643 g/mol. The first-order chi connectivity index (χ1) is 19.0. The second-order valence-corrected chi connectivity index (χ2v) is 14.6. The van der Waals surface area contributed by atoms with Crippen molar-refractivity contribution >= 4 is 60.5 Å². The van der Waals surface area contributed by atoms with Gasteiger partial charge in [-0.1, -0.05) is 46.9 Å². The average molecular weight is 645 g/mol. The van der Waals surface area contributed by atoms with Gasteiger partial charge in [-0.3, -0.25) is 0 Å². The normalized spacial score (nSPS) is 20.9. The second kappa shape index (κ2) is 12.1. The predicted molar refractivity (Wildman–Crippen MR) is 157 cm³/mol. The summed E-state index contributed by atoms with van der Waals surface area (Å²) in [4.78, 5) is 2.20. The summed E-state index contributed by atoms with van der Waals surface area (Å²) in [6.45, 7) is 1.72. The Kier molecular flexibility index (Phi) is 8.99. The Bertz CT molecular complexity index is 1560. The van der Waals surface area contributed by atoms with Crippen LogP contribution in [0.15, 0.2) is 76.5 Å². The molecule has 3 aromatic rings. The molecule has 1 N–H and O–H groups in total. The molecule has 1 unspecified atom stereocenters. The van der Waals surface area contributed by atoms with Crippen LogP contribution in [-0.4, -0.2) is 60.0 Å². The molecular weight excluding hydrogens is 617 g/mol. The van der Waals surface area contributed by atoms with Crippen LogP contribution in [0.25, 0.3) is 0 Å². The Morgan fingerprint density at radius 3 is 2.05 bits per heavy atom. The lowest BCUT2D eigenvalue weighted by Gasteiger charge is -2.42. The number of ether oxygens (including phenoxy) is 1. The summed E-state index contributed by atoms with van der Waals surface area (Å²) in [5.74, 6) is 0. The smallest absolute Gasteiger partial charge is 0.243 e. The van der Waals surface area contributed by atoms with E-state index in [-0.39, 0.29) is 35.0 Å². The molecule has 2 fully saturated rings. The molecule has 2 aliphatic rings. The van der Waals surface area contributed by atoms with Crippen molar-refractivity contribution in [3.8, 4) is 0 Å². The van der Waals surface area contributed by atoms with Crippen molar-refractivity contribution in [3.63, 3.8) is 0 Å². The van der Waals surface area contributed by atoms with Crippen LogP contribution in [0.4, 0.5) is 5.69 Å². The highest BCUT2D eigenvalue weighted by molar-refractivity contribution is 7.89. The summed E-state index contributed by atoms with van der Waals surface area (Å²) < 4.78 is 61.9. The Balaban J connectivity index is 1.35. The van der Waals surface area contributed by atoms with E-state index in [0.29, 0.717) is 47.7 Å². The minimum Gasteiger partial charge on any atom is -0.379 e. The number of hydrogen-bond donors (Lipinski definition) is 1. The molecule has 0 aromatic heterocycles. The highest BCUT2D eigenvalue weighted by atomic mass is 35.5. The number of nitrogens with zero attached hydrogens (tertiary/aromatic N) is 2. The lowest BCUT2D eigenvalue weighted by Crippen LogP contribution is -2.46. The molecule has 0 bridgehead atoms. The number of hydrogen-bond acceptors (Lipinski definition) is 6. The van der Waals surface area contributed by atoms with Crippen LogP contribution in [0.2, 0.25) is 15.1 Å². The zero-order valence-corrected chi connectivity index (χ0v) is 25.2. The first kappa shape index (κ1) is 29.6. The van der Waals surface area contributed by atoms with Gasteiger partial charge in [0.05, 0.1) is 39.8 Å². The van der Waals surface area contributed by atoms with E-state index in [4.69, 9.17) is 39.5 Å². The summed E-state index contributed by atoms with van der Waals surface area (Å²) in [5, 5.41) is 1.65. The number of halogens is 3. The van der Waals surface area contributed by atoms with Crippen LogP contribution in [0.5, 0.6) is 0 Å². The summed E-state index contributed by atoms with van der Waals surface area (Å²) in [7, 11) is -7.64. The van der Waals surface area contributed by atoms with Crippen LogP contribution < -0.4 is 9.62 Å². The molecule has 8 nitrogen and oxygen atoms in total. The van der Waals surface area contributed by atoms with E-state index >= 15 is 0 Å². The highest BCUT2D eigenvalue weighted by Crippen LogP contribution is 2.40. The van der Waals surface area contributed by atoms with Crippen molar-refractivity contribution in [2.75, 3.05) is 37.7 Å². The molecule has 5 rings (SSSR count). The minimum absolute atomic E-state index is 0.000328. The molecule has 13 heteroatoms. The van der Waals surface area contributed by atoms with Gasteiger partial charge >= 0.3 is 0 Å². The van der Waals surface area contributed by atoms with Crippen molar-refractivity contribution < 1.29 is 21.6 Å². The van der Waals surface area contributed by atoms with Crippen molar-refractivity contribution in [1.29, 1.82) is 0 Å². The fraction of sp³-hybridized carbons (Fsp3) is 0.333. The molecule has 214 valence electrons. The van der Waals surface area contributed by atoms with E-state index < -0.39 is 20.0 Å². The van der Waals surface area contributed by atoms with Crippen LogP contribution in [-0.2, 0) is 24.8 Å². The van der Waals surface area contributed by atoms with Crippen molar-refractivity contribution in [2.45, 2.75) is 34.7 Å². The van der Waals surface area contributed by atoms with Gasteiger partial charge in [-0.2, -0.15) is 4.31 Å². The van der Waals surface area contributed by atoms with Gasteiger partial charge in [0.15, 0.2) is 0 Å². The van der Waals surface area contributed by atoms with Gasteiger partial charge in [-0.05, 0) is 73.0 Å². The van der Waals surface area contributed by atoms with E-state index in [1.54, 1.807) is 24.3 Å². The van der Waals surface area contributed by atoms with Gasteiger partial charge in [0, 0.05) is 35.7 Å². The van der Waals surface area contributed by atoms with E-state index in [1.165, 1.54) is 28.6 Å². The number of nitrogens with one attached hydrogen (secondary N) is 1.